The SMILES string of the molecule is CCOC(C)c1noc(CNC(=NC)N2CCC3(CCC3)C2)n1.I. The Kier molecular flexibility index (Phi) is 6.85. The Hall–Kier alpha value is -0.900. The Morgan fingerprint density at radius 1 is 1.46 bits per heavy atom. The number of nitrogens with zero attached hydrogens (tertiary/aromatic N) is 4. The Morgan fingerprint density at radius 2 is 2.25 bits per heavy atom. The van der Waals surface area contributed by atoms with E-state index in [1.807, 2.05) is 20.9 Å². The van der Waals surface area contributed by atoms with Crippen molar-refractivity contribution in [2.45, 2.75) is 52.2 Å². The second-order valence-corrected chi connectivity index (χ2v) is 6.57. The van der Waals surface area contributed by atoms with E-state index in [-0.39, 0.29) is 30.1 Å². The summed E-state index contributed by atoms with van der Waals surface area (Å²) in [7, 11) is 1.82. The lowest BCUT2D eigenvalue weighted by Gasteiger charge is -2.38. The number of guanidine groups is 1. The van der Waals surface area contributed by atoms with Crippen LogP contribution in [0.4, 0.5) is 0 Å². The van der Waals surface area contributed by atoms with Crippen LogP contribution in [0.15, 0.2) is 9.52 Å². The number of hydrogen-bond donors (Lipinski definition) is 1. The van der Waals surface area contributed by atoms with Gasteiger partial charge in [0, 0.05) is 26.7 Å². The lowest BCUT2D eigenvalue weighted by molar-refractivity contribution is 0.0683. The molecule has 1 aromatic rings. The fraction of sp³-hybridized carbons (Fsp3) is 0.812. The molecule has 0 bridgehead atoms. The lowest BCUT2D eigenvalue weighted by Crippen LogP contribution is -2.42. The summed E-state index contributed by atoms with van der Waals surface area (Å²) < 4.78 is 10.8. The van der Waals surface area contributed by atoms with E-state index in [0.717, 1.165) is 19.0 Å². The molecule has 1 N–H and O–H groups in total. The summed E-state index contributed by atoms with van der Waals surface area (Å²) in [4.78, 5) is 11.1. The first-order chi connectivity index (χ1) is 11.2. The molecular formula is C16H28IN5O2. The molecule has 1 saturated carbocycles. The van der Waals surface area contributed by atoms with E-state index in [0.29, 0.717) is 30.3 Å². The van der Waals surface area contributed by atoms with Gasteiger partial charge in [0.2, 0.25) is 5.89 Å². The summed E-state index contributed by atoms with van der Waals surface area (Å²) in [5, 5.41) is 7.31. The van der Waals surface area contributed by atoms with Crippen LogP contribution in [0.25, 0.3) is 0 Å². The van der Waals surface area contributed by atoms with E-state index in [4.69, 9.17) is 9.26 Å². The van der Waals surface area contributed by atoms with Crippen molar-refractivity contribution in [3.8, 4) is 0 Å². The summed E-state index contributed by atoms with van der Waals surface area (Å²) in [6.07, 6.45) is 5.24. The highest BCUT2D eigenvalue weighted by Crippen LogP contribution is 2.47. The third kappa shape index (κ3) is 4.19. The molecule has 24 heavy (non-hydrogen) atoms. The highest BCUT2D eigenvalue weighted by atomic mass is 127. The van der Waals surface area contributed by atoms with Gasteiger partial charge in [-0.15, -0.1) is 24.0 Å². The molecule has 2 aliphatic rings. The van der Waals surface area contributed by atoms with Crippen molar-refractivity contribution >= 4 is 29.9 Å². The fourth-order valence-electron chi connectivity index (χ4n) is 3.52. The topological polar surface area (TPSA) is 75.8 Å². The van der Waals surface area contributed by atoms with Crippen LogP contribution in [0, 0.1) is 5.41 Å². The quantitative estimate of drug-likeness (QED) is 0.423. The zero-order valence-electron chi connectivity index (χ0n) is 14.7. The standard InChI is InChI=1S/C16H27N5O2.HI/c1-4-22-12(2)14-19-13(23-20-14)10-18-15(17-3)21-9-8-16(11-21)6-5-7-16;/h12H,4-11H2,1-3H3,(H,17,18);1H. The minimum Gasteiger partial charge on any atom is -0.371 e. The Labute approximate surface area is 160 Å². The molecule has 0 aromatic carbocycles. The highest BCUT2D eigenvalue weighted by molar-refractivity contribution is 14.0. The minimum absolute atomic E-state index is 0. The van der Waals surface area contributed by atoms with Crippen LogP contribution in [-0.2, 0) is 11.3 Å². The summed E-state index contributed by atoms with van der Waals surface area (Å²) in [6.45, 7) is 7.19. The summed E-state index contributed by atoms with van der Waals surface area (Å²) >= 11 is 0. The van der Waals surface area contributed by atoms with Gasteiger partial charge in [-0.05, 0) is 38.5 Å². The average molecular weight is 449 g/mol. The van der Waals surface area contributed by atoms with Crippen LogP contribution in [0.1, 0.15) is 57.3 Å². The van der Waals surface area contributed by atoms with E-state index >= 15 is 0 Å². The maximum Gasteiger partial charge on any atom is 0.246 e. The molecule has 1 spiro atoms. The lowest BCUT2D eigenvalue weighted by atomic mass is 9.68. The van der Waals surface area contributed by atoms with Gasteiger partial charge in [0.1, 0.15) is 6.10 Å². The smallest absolute Gasteiger partial charge is 0.246 e. The minimum atomic E-state index is -0.145. The first-order valence-corrected chi connectivity index (χ1v) is 8.55. The molecule has 3 rings (SSSR count). The first kappa shape index (κ1) is 19.4. The molecule has 2 heterocycles. The molecule has 0 amide bonds. The summed E-state index contributed by atoms with van der Waals surface area (Å²) in [6, 6.07) is 0. The number of aromatic nitrogens is 2. The number of aliphatic imine (C=N–C) groups is 1. The third-order valence-corrected chi connectivity index (χ3v) is 5.03. The van der Waals surface area contributed by atoms with Crippen LogP contribution in [-0.4, -0.2) is 47.7 Å². The van der Waals surface area contributed by atoms with Gasteiger partial charge in [-0.25, -0.2) is 0 Å². The number of rotatable bonds is 5. The van der Waals surface area contributed by atoms with Gasteiger partial charge in [0.05, 0.1) is 6.54 Å². The molecule has 1 aromatic heterocycles. The second-order valence-electron chi connectivity index (χ2n) is 6.57. The number of halogens is 1. The molecule has 1 saturated heterocycles. The van der Waals surface area contributed by atoms with Gasteiger partial charge in [-0.3, -0.25) is 4.99 Å². The van der Waals surface area contributed by atoms with E-state index < -0.39 is 0 Å². The predicted molar refractivity (Wildman–Crippen MR) is 102 cm³/mol. The second kappa shape index (κ2) is 8.46. The van der Waals surface area contributed by atoms with Gasteiger partial charge >= 0.3 is 0 Å². The Balaban J connectivity index is 0.00000208. The molecule has 7 nitrogen and oxygen atoms in total. The molecule has 2 fully saturated rings. The average Bonchev–Trinajstić information content (AvgIpc) is 3.15. The molecular weight excluding hydrogens is 421 g/mol. The van der Waals surface area contributed by atoms with Crippen molar-refractivity contribution in [1.82, 2.24) is 20.4 Å². The van der Waals surface area contributed by atoms with Gasteiger partial charge in [0.25, 0.3) is 0 Å². The van der Waals surface area contributed by atoms with Crippen LogP contribution in [0.2, 0.25) is 0 Å². The molecule has 0 radical (unpaired) electrons. The molecule has 1 unspecified atom stereocenters. The molecule has 1 atom stereocenters. The van der Waals surface area contributed by atoms with Gasteiger partial charge < -0.3 is 19.5 Å². The summed E-state index contributed by atoms with van der Waals surface area (Å²) in [5.41, 5.74) is 0.558. The van der Waals surface area contributed by atoms with Crippen molar-refractivity contribution in [3.05, 3.63) is 11.7 Å². The molecule has 1 aliphatic carbocycles. The van der Waals surface area contributed by atoms with Gasteiger partial charge in [-0.2, -0.15) is 4.98 Å². The Bertz CT molecular complexity index is 558. The van der Waals surface area contributed by atoms with E-state index in [2.05, 4.69) is 25.3 Å². The van der Waals surface area contributed by atoms with Crippen LogP contribution in [0.3, 0.4) is 0 Å². The van der Waals surface area contributed by atoms with Crippen molar-refractivity contribution in [2.75, 3.05) is 26.7 Å². The number of likely N-dealkylation sites (tertiary alicyclic amines) is 1. The van der Waals surface area contributed by atoms with Crippen molar-refractivity contribution in [3.63, 3.8) is 0 Å². The zero-order valence-corrected chi connectivity index (χ0v) is 17.1. The molecule has 1 aliphatic heterocycles. The van der Waals surface area contributed by atoms with Gasteiger partial charge in [0.15, 0.2) is 11.8 Å². The third-order valence-electron chi connectivity index (χ3n) is 5.03. The van der Waals surface area contributed by atoms with E-state index in [9.17, 15) is 0 Å². The largest absolute Gasteiger partial charge is 0.371 e. The normalized spacial score (nSPS) is 20.6. The van der Waals surface area contributed by atoms with Crippen LogP contribution in [0.5, 0.6) is 0 Å². The van der Waals surface area contributed by atoms with Crippen molar-refractivity contribution in [2.24, 2.45) is 10.4 Å². The Morgan fingerprint density at radius 3 is 2.83 bits per heavy atom. The van der Waals surface area contributed by atoms with E-state index in [1.165, 1.54) is 25.7 Å². The number of hydrogen-bond acceptors (Lipinski definition) is 5. The molecule has 8 heteroatoms. The predicted octanol–water partition coefficient (Wildman–Crippen LogP) is 2.74. The van der Waals surface area contributed by atoms with Crippen molar-refractivity contribution in [1.29, 1.82) is 0 Å². The van der Waals surface area contributed by atoms with E-state index in [1.54, 1.807) is 0 Å². The number of nitrogens with one attached hydrogen (secondary N) is 1. The first-order valence-electron chi connectivity index (χ1n) is 8.55. The molecule has 136 valence electrons. The van der Waals surface area contributed by atoms with Crippen LogP contribution < -0.4 is 5.32 Å². The monoisotopic (exact) mass is 449 g/mol. The zero-order chi connectivity index (χ0) is 16.3. The maximum absolute atomic E-state index is 5.47. The van der Waals surface area contributed by atoms with Gasteiger partial charge in [-0.1, -0.05) is 11.6 Å². The maximum atomic E-state index is 5.47. The highest BCUT2D eigenvalue weighted by Gasteiger charge is 2.43. The number of ether oxygens (including phenoxy) is 1. The van der Waals surface area contributed by atoms with Crippen molar-refractivity contribution < 1.29 is 9.26 Å². The summed E-state index contributed by atoms with van der Waals surface area (Å²) in [5.74, 6) is 2.07. The van der Waals surface area contributed by atoms with Crippen LogP contribution >= 0.6 is 24.0 Å². The fourth-order valence-corrected chi connectivity index (χ4v) is 3.52.